The Morgan fingerprint density at radius 2 is 2.15 bits per heavy atom. The van der Waals surface area contributed by atoms with Gasteiger partial charge in [0.25, 0.3) is 5.69 Å². The zero-order valence-corrected chi connectivity index (χ0v) is 12.0. The van der Waals surface area contributed by atoms with E-state index in [0.717, 1.165) is 0 Å². The molecule has 2 aromatic rings. The first-order chi connectivity index (χ1) is 9.47. The average Bonchev–Trinajstić information content (AvgIpc) is 2.82. The summed E-state index contributed by atoms with van der Waals surface area (Å²) in [5, 5.41) is 10.7. The van der Waals surface area contributed by atoms with Gasteiger partial charge in [0.1, 0.15) is 5.75 Å². The second kappa shape index (κ2) is 6.02. The standard InChI is InChI=1S/C13H10ClNO4S/c1-8-6-9(2-3-10(8)15(17)18)19-7-11(16)12-4-5-13(14)20-12/h2-6H,7H2,1H3. The van der Waals surface area contributed by atoms with Gasteiger partial charge >= 0.3 is 0 Å². The molecule has 0 radical (unpaired) electrons. The van der Waals surface area contributed by atoms with Crippen LogP contribution in [0, 0.1) is 17.0 Å². The van der Waals surface area contributed by atoms with Gasteiger partial charge in [0, 0.05) is 11.6 Å². The maximum Gasteiger partial charge on any atom is 0.272 e. The van der Waals surface area contributed by atoms with Gasteiger partial charge in [0.15, 0.2) is 6.61 Å². The Morgan fingerprint density at radius 3 is 2.70 bits per heavy atom. The van der Waals surface area contributed by atoms with E-state index in [9.17, 15) is 14.9 Å². The number of ether oxygens (including phenoxy) is 1. The fourth-order valence-electron chi connectivity index (χ4n) is 1.61. The van der Waals surface area contributed by atoms with Gasteiger partial charge in [-0.1, -0.05) is 11.6 Å². The first-order valence-electron chi connectivity index (χ1n) is 5.64. The van der Waals surface area contributed by atoms with Crippen molar-refractivity contribution < 1.29 is 14.5 Å². The van der Waals surface area contributed by atoms with Gasteiger partial charge in [-0.15, -0.1) is 11.3 Å². The maximum absolute atomic E-state index is 11.8. The molecule has 0 unspecified atom stereocenters. The first-order valence-corrected chi connectivity index (χ1v) is 6.83. The minimum absolute atomic E-state index is 0.0220. The highest BCUT2D eigenvalue weighted by atomic mass is 35.5. The van der Waals surface area contributed by atoms with Crippen molar-refractivity contribution in [2.24, 2.45) is 0 Å². The normalized spacial score (nSPS) is 10.3. The molecule has 1 aromatic heterocycles. The van der Waals surface area contributed by atoms with E-state index in [0.29, 0.717) is 20.5 Å². The lowest BCUT2D eigenvalue weighted by atomic mass is 10.2. The molecule has 104 valence electrons. The fourth-order valence-corrected chi connectivity index (χ4v) is 2.57. The fraction of sp³-hybridized carbons (Fsp3) is 0.154. The van der Waals surface area contributed by atoms with Crippen LogP contribution in [-0.4, -0.2) is 17.3 Å². The van der Waals surface area contributed by atoms with E-state index >= 15 is 0 Å². The van der Waals surface area contributed by atoms with Gasteiger partial charge in [0.05, 0.1) is 14.1 Å². The Kier molecular flexibility index (Phi) is 4.36. The Bertz CT molecular complexity index is 668. The molecule has 0 bridgehead atoms. The molecule has 7 heteroatoms. The third-order valence-corrected chi connectivity index (χ3v) is 3.86. The van der Waals surface area contributed by atoms with Crippen molar-refractivity contribution in [1.82, 2.24) is 0 Å². The Morgan fingerprint density at radius 1 is 1.40 bits per heavy atom. The summed E-state index contributed by atoms with van der Waals surface area (Å²) in [4.78, 5) is 22.6. The first kappa shape index (κ1) is 14.5. The van der Waals surface area contributed by atoms with E-state index in [2.05, 4.69) is 0 Å². The highest BCUT2D eigenvalue weighted by Gasteiger charge is 2.13. The summed E-state index contributed by atoms with van der Waals surface area (Å²) < 4.78 is 5.88. The van der Waals surface area contributed by atoms with Crippen molar-refractivity contribution in [3.63, 3.8) is 0 Å². The largest absolute Gasteiger partial charge is 0.485 e. The van der Waals surface area contributed by atoms with Crippen molar-refractivity contribution in [3.05, 3.63) is 55.2 Å². The summed E-state index contributed by atoms with van der Waals surface area (Å²) in [7, 11) is 0. The van der Waals surface area contributed by atoms with E-state index in [1.807, 2.05) is 0 Å². The van der Waals surface area contributed by atoms with Crippen molar-refractivity contribution in [1.29, 1.82) is 0 Å². The molecule has 0 fully saturated rings. The number of hydrogen-bond donors (Lipinski definition) is 0. The number of rotatable bonds is 5. The molecular formula is C13H10ClNO4S. The lowest BCUT2D eigenvalue weighted by Gasteiger charge is -2.05. The molecule has 20 heavy (non-hydrogen) atoms. The summed E-state index contributed by atoms with van der Waals surface area (Å²) in [5.74, 6) is 0.238. The monoisotopic (exact) mass is 311 g/mol. The number of thiophene rings is 1. The Balaban J connectivity index is 2.02. The molecule has 1 heterocycles. The van der Waals surface area contributed by atoms with E-state index in [1.165, 1.54) is 29.5 Å². The van der Waals surface area contributed by atoms with E-state index in [1.54, 1.807) is 19.1 Å². The number of carbonyl (C=O) groups is 1. The Hall–Kier alpha value is -1.92. The summed E-state index contributed by atoms with van der Waals surface area (Å²) in [6, 6.07) is 7.65. The van der Waals surface area contributed by atoms with Gasteiger partial charge in [-0.3, -0.25) is 14.9 Å². The number of benzene rings is 1. The van der Waals surface area contributed by atoms with Gasteiger partial charge < -0.3 is 4.74 Å². The maximum atomic E-state index is 11.8. The molecule has 0 aliphatic rings. The third-order valence-electron chi connectivity index (χ3n) is 2.58. The van der Waals surface area contributed by atoms with Gasteiger partial charge in [-0.05, 0) is 31.2 Å². The zero-order chi connectivity index (χ0) is 14.7. The molecule has 0 aliphatic carbocycles. The van der Waals surface area contributed by atoms with Crippen LogP contribution in [-0.2, 0) is 0 Å². The van der Waals surface area contributed by atoms with Crippen molar-refractivity contribution >= 4 is 34.4 Å². The summed E-state index contributed by atoms with van der Waals surface area (Å²) in [6.45, 7) is 1.49. The number of halogens is 1. The van der Waals surface area contributed by atoms with E-state index < -0.39 is 4.92 Å². The highest BCUT2D eigenvalue weighted by molar-refractivity contribution is 7.18. The molecule has 0 spiro atoms. The van der Waals surface area contributed by atoms with Crippen LogP contribution in [0.25, 0.3) is 0 Å². The molecule has 0 aliphatic heterocycles. The molecule has 0 amide bonds. The minimum Gasteiger partial charge on any atom is -0.485 e. The molecule has 0 atom stereocenters. The number of ketones is 1. The van der Waals surface area contributed by atoms with E-state index in [-0.39, 0.29) is 18.1 Å². The number of aryl methyl sites for hydroxylation is 1. The number of carbonyl (C=O) groups excluding carboxylic acids is 1. The lowest BCUT2D eigenvalue weighted by Crippen LogP contribution is -2.10. The van der Waals surface area contributed by atoms with Gasteiger partial charge in [0.2, 0.25) is 5.78 Å². The number of hydrogen-bond acceptors (Lipinski definition) is 5. The molecule has 0 saturated carbocycles. The number of nitro groups is 1. The molecular weight excluding hydrogens is 302 g/mol. The second-order valence-electron chi connectivity index (χ2n) is 4.02. The van der Waals surface area contributed by atoms with Crippen LogP contribution in [0.4, 0.5) is 5.69 Å². The van der Waals surface area contributed by atoms with Crippen LogP contribution >= 0.6 is 22.9 Å². The van der Waals surface area contributed by atoms with Gasteiger partial charge in [-0.2, -0.15) is 0 Å². The third kappa shape index (κ3) is 3.34. The predicted molar refractivity (Wildman–Crippen MR) is 77.0 cm³/mol. The second-order valence-corrected chi connectivity index (χ2v) is 5.74. The van der Waals surface area contributed by atoms with Crippen LogP contribution in [0.15, 0.2) is 30.3 Å². The smallest absolute Gasteiger partial charge is 0.272 e. The SMILES string of the molecule is Cc1cc(OCC(=O)c2ccc(Cl)s2)ccc1[N+](=O)[O-]. The number of Topliss-reactive ketones (excluding diaryl/α,β-unsaturated/α-hetero) is 1. The zero-order valence-electron chi connectivity index (χ0n) is 10.5. The van der Waals surface area contributed by atoms with Crippen LogP contribution in [0.5, 0.6) is 5.75 Å². The predicted octanol–water partition coefficient (Wildman–Crippen LogP) is 3.88. The summed E-state index contributed by atoms with van der Waals surface area (Å²) in [5.41, 5.74) is 0.507. The lowest BCUT2D eigenvalue weighted by molar-refractivity contribution is -0.385. The molecule has 0 saturated heterocycles. The molecule has 5 nitrogen and oxygen atoms in total. The average molecular weight is 312 g/mol. The van der Waals surface area contributed by atoms with Crippen molar-refractivity contribution in [2.45, 2.75) is 6.92 Å². The minimum atomic E-state index is -0.460. The van der Waals surface area contributed by atoms with Crippen molar-refractivity contribution in [2.75, 3.05) is 6.61 Å². The van der Waals surface area contributed by atoms with Crippen LogP contribution in [0.3, 0.4) is 0 Å². The topological polar surface area (TPSA) is 69.4 Å². The highest BCUT2D eigenvalue weighted by Crippen LogP contribution is 2.24. The summed E-state index contributed by atoms with van der Waals surface area (Å²) in [6.07, 6.45) is 0. The Labute approximate surface area is 123 Å². The van der Waals surface area contributed by atoms with Crippen molar-refractivity contribution in [3.8, 4) is 5.75 Å². The molecule has 0 N–H and O–H groups in total. The van der Waals surface area contributed by atoms with E-state index in [4.69, 9.17) is 16.3 Å². The summed E-state index contributed by atoms with van der Waals surface area (Å²) >= 11 is 6.94. The quantitative estimate of drug-likeness (QED) is 0.477. The van der Waals surface area contributed by atoms with Crippen LogP contribution in [0.2, 0.25) is 4.34 Å². The number of nitrogens with zero attached hydrogens (tertiary/aromatic N) is 1. The molecule has 1 aromatic carbocycles. The van der Waals surface area contributed by atoms with Crippen LogP contribution in [0.1, 0.15) is 15.2 Å². The van der Waals surface area contributed by atoms with Crippen LogP contribution < -0.4 is 4.74 Å². The molecule has 2 rings (SSSR count). The van der Waals surface area contributed by atoms with Gasteiger partial charge in [-0.25, -0.2) is 0 Å². The number of nitro benzene ring substituents is 1.